The van der Waals surface area contributed by atoms with E-state index in [0.717, 1.165) is 12.8 Å². The van der Waals surface area contributed by atoms with E-state index in [1.165, 1.54) is 14.2 Å². The average molecular weight is 340 g/mol. The standard InChI is InChI=1S/C18H28O6/c1-11-17(2)13(10-18(11)23-5-6-24-18)7-12(8-15(19)21-3)14(17)9-16(20)22-4/h11-14H,5-10H2,1-4H3/t11-,12+,13+,14-,17-/m1/s1. The fourth-order valence-corrected chi connectivity index (χ4v) is 5.58. The molecule has 6 nitrogen and oxygen atoms in total. The van der Waals surface area contributed by atoms with Crippen LogP contribution >= 0.6 is 0 Å². The number of ether oxygens (including phenoxy) is 4. The second kappa shape index (κ2) is 6.30. The molecule has 3 aliphatic rings. The van der Waals surface area contributed by atoms with E-state index in [1.807, 2.05) is 0 Å². The Labute approximate surface area is 143 Å². The molecule has 3 fully saturated rings. The molecule has 0 radical (unpaired) electrons. The number of carbonyl (C=O) groups is 2. The zero-order valence-electron chi connectivity index (χ0n) is 15.0. The number of esters is 2. The zero-order valence-corrected chi connectivity index (χ0v) is 15.0. The highest BCUT2D eigenvalue weighted by Crippen LogP contribution is 2.67. The first-order valence-electron chi connectivity index (χ1n) is 8.79. The Hall–Kier alpha value is -1.14. The lowest BCUT2D eigenvalue weighted by Crippen LogP contribution is -2.42. The minimum Gasteiger partial charge on any atom is -0.469 e. The number of hydrogen-bond acceptors (Lipinski definition) is 6. The summed E-state index contributed by atoms with van der Waals surface area (Å²) < 4.78 is 21.8. The van der Waals surface area contributed by atoms with E-state index in [-0.39, 0.29) is 35.1 Å². The van der Waals surface area contributed by atoms with Crippen molar-refractivity contribution in [1.82, 2.24) is 0 Å². The summed E-state index contributed by atoms with van der Waals surface area (Å²) in [6, 6.07) is 0. The first kappa shape index (κ1) is 17.7. The maximum absolute atomic E-state index is 12.0. The van der Waals surface area contributed by atoms with E-state index in [0.29, 0.717) is 32.0 Å². The first-order chi connectivity index (χ1) is 11.4. The molecule has 0 aromatic rings. The number of methoxy groups -OCH3 is 2. The molecular formula is C18H28O6. The van der Waals surface area contributed by atoms with Gasteiger partial charge in [0.1, 0.15) is 0 Å². The largest absolute Gasteiger partial charge is 0.469 e. The molecule has 0 N–H and O–H groups in total. The van der Waals surface area contributed by atoms with Crippen LogP contribution in [0.5, 0.6) is 0 Å². The lowest BCUT2D eigenvalue weighted by atomic mass is 9.66. The van der Waals surface area contributed by atoms with Gasteiger partial charge in [0.25, 0.3) is 0 Å². The van der Waals surface area contributed by atoms with Crippen LogP contribution in [0, 0.1) is 29.1 Å². The Morgan fingerprint density at radius 1 is 1.08 bits per heavy atom. The van der Waals surface area contributed by atoms with Crippen LogP contribution < -0.4 is 0 Å². The molecule has 0 aromatic heterocycles. The second-order valence-corrected chi connectivity index (χ2v) is 7.66. The normalized spacial score (nSPS) is 39.8. The molecule has 3 rings (SSSR count). The van der Waals surface area contributed by atoms with Crippen molar-refractivity contribution < 1.29 is 28.5 Å². The van der Waals surface area contributed by atoms with Gasteiger partial charge in [0, 0.05) is 25.2 Å². The predicted octanol–water partition coefficient (Wildman–Crippen LogP) is 2.15. The Balaban J connectivity index is 1.88. The van der Waals surface area contributed by atoms with Crippen LogP contribution in [0.4, 0.5) is 0 Å². The summed E-state index contributed by atoms with van der Waals surface area (Å²) in [4.78, 5) is 23.9. The average Bonchev–Trinajstić information content (AvgIpc) is 3.19. The number of fused-ring (bicyclic) bond motifs is 1. The van der Waals surface area contributed by atoms with Crippen molar-refractivity contribution in [2.75, 3.05) is 27.4 Å². The van der Waals surface area contributed by atoms with Gasteiger partial charge >= 0.3 is 11.9 Å². The fourth-order valence-electron chi connectivity index (χ4n) is 5.58. The molecule has 0 aromatic carbocycles. The molecule has 5 atom stereocenters. The van der Waals surface area contributed by atoms with Crippen LogP contribution in [0.3, 0.4) is 0 Å². The minimum atomic E-state index is -0.524. The van der Waals surface area contributed by atoms with Crippen LogP contribution in [0.25, 0.3) is 0 Å². The fraction of sp³-hybridized carbons (Fsp3) is 0.889. The molecule has 0 unspecified atom stereocenters. The van der Waals surface area contributed by atoms with E-state index in [4.69, 9.17) is 18.9 Å². The van der Waals surface area contributed by atoms with Gasteiger partial charge in [0.2, 0.25) is 0 Å². The maximum Gasteiger partial charge on any atom is 0.305 e. The third-order valence-corrected chi connectivity index (χ3v) is 7.01. The van der Waals surface area contributed by atoms with Gasteiger partial charge in [-0.2, -0.15) is 0 Å². The van der Waals surface area contributed by atoms with Crippen LogP contribution in [0.2, 0.25) is 0 Å². The topological polar surface area (TPSA) is 71.1 Å². The molecule has 0 bridgehead atoms. The summed E-state index contributed by atoms with van der Waals surface area (Å²) in [5.74, 6) is -0.231. The SMILES string of the molecule is COC(=O)C[C@@H]1C[C@H]2CC3(OCCO3)[C@H](C)[C@@]2(C)[C@@H]1CC(=O)OC. The summed E-state index contributed by atoms with van der Waals surface area (Å²) in [5.41, 5.74) is -0.114. The summed E-state index contributed by atoms with van der Waals surface area (Å²) in [5, 5.41) is 0. The minimum absolute atomic E-state index is 0.0659. The maximum atomic E-state index is 12.0. The first-order valence-corrected chi connectivity index (χ1v) is 8.79. The summed E-state index contributed by atoms with van der Waals surface area (Å²) in [6.07, 6.45) is 2.41. The van der Waals surface area contributed by atoms with Gasteiger partial charge in [-0.3, -0.25) is 9.59 Å². The van der Waals surface area contributed by atoms with E-state index in [1.54, 1.807) is 0 Å². The Morgan fingerprint density at radius 3 is 2.25 bits per heavy atom. The Bertz CT molecular complexity index is 512. The Kier molecular flexibility index (Phi) is 4.64. The lowest BCUT2D eigenvalue weighted by molar-refractivity contribution is -0.195. The second-order valence-electron chi connectivity index (χ2n) is 7.66. The highest BCUT2D eigenvalue weighted by Gasteiger charge is 2.67. The van der Waals surface area contributed by atoms with Gasteiger partial charge in [-0.05, 0) is 29.6 Å². The summed E-state index contributed by atoms with van der Waals surface area (Å²) in [7, 11) is 2.82. The zero-order chi connectivity index (χ0) is 17.5. The van der Waals surface area contributed by atoms with E-state index < -0.39 is 5.79 Å². The van der Waals surface area contributed by atoms with Crippen molar-refractivity contribution in [2.24, 2.45) is 29.1 Å². The highest BCUT2D eigenvalue weighted by molar-refractivity contribution is 5.71. The van der Waals surface area contributed by atoms with E-state index in [2.05, 4.69) is 13.8 Å². The third-order valence-electron chi connectivity index (χ3n) is 7.01. The molecule has 2 aliphatic carbocycles. The van der Waals surface area contributed by atoms with Crippen molar-refractivity contribution in [3.8, 4) is 0 Å². The Morgan fingerprint density at radius 2 is 1.67 bits per heavy atom. The highest BCUT2D eigenvalue weighted by atomic mass is 16.7. The van der Waals surface area contributed by atoms with Gasteiger partial charge in [-0.25, -0.2) is 0 Å². The van der Waals surface area contributed by atoms with Crippen LogP contribution in [-0.2, 0) is 28.5 Å². The summed E-state index contributed by atoms with van der Waals surface area (Å²) >= 11 is 0. The molecule has 136 valence electrons. The summed E-state index contributed by atoms with van der Waals surface area (Å²) in [6.45, 7) is 5.64. The molecule has 1 saturated heterocycles. The van der Waals surface area contributed by atoms with Crippen molar-refractivity contribution in [1.29, 1.82) is 0 Å². The molecule has 1 spiro atoms. The van der Waals surface area contributed by atoms with Crippen LogP contribution in [0.15, 0.2) is 0 Å². The number of hydrogen-bond donors (Lipinski definition) is 0. The molecule has 2 saturated carbocycles. The lowest BCUT2D eigenvalue weighted by Gasteiger charge is -2.40. The number of rotatable bonds is 4. The number of carbonyl (C=O) groups excluding carboxylic acids is 2. The molecule has 1 heterocycles. The monoisotopic (exact) mass is 340 g/mol. The third kappa shape index (κ3) is 2.54. The smallest absolute Gasteiger partial charge is 0.305 e. The predicted molar refractivity (Wildman–Crippen MR) is 84.9 cm³/mol. The van der Waals surface area contributed by atoms with E-state index >= 15 is 0 Å². The molecular weight excluding hydrogens is 312 g/mol. The quantitative estimate of drug-likeness (QED) is 0.730. The van der Waals surface area contributed by atoms with Crippen molar-refractivity contribution in [2.45, 2.75) is 45.3 Å². The molecule has 6 heteroatoms. The van der Waals surface area contributed by atoms with Gasteiger partial charge in [0.05, 0.1) is 27.4 Å². The van der Waals surface area contributed by atoms with Gasteiger partial charge in [-0.15, -0.1) is 0 Å². The van der Waals surface area contributed by atoms with Crippen LogP contribution in [-0.4, -0.2) is 45.2 Å². The molecule has 1 aliphatic heterocycles. The van der Waals surface area contributed by atoms with Crippen molar-refractivity contribution in [3.05, 3.63) is 0 Å². The van der Waals surface area contributed by atoms with Crippen LogP contribution in [0.1, 0.15) is 39.5 Å². The van der Waals surface area contributed by atoms with Crippen molar-refractivity contribution >= 4 is 11.9 Å². The molecule has 24 heavy (non-hydrogen) atoms. The van der Waals surface area contributed by atoms with E-state index in [9.17, 15) is 9.59 Å². The van der Waals surface area contributed by atoms with Gasteiger partial charge in [0.15, 0.2) is 5.79 Å². The van der Waals surface area contributed by atoms with Gasteiger partial charge < -0.3 is 18.9 Å². The molecule has 0 amide bonds. The van der Waals surface area contributed by atoms with Crippen molar-refractivity contribution in [3.63, 3.8) is 0 Å². The van der Waals surface area contributed by atoms with Gasteiger partial charge in [-0.1, -0.05) is 13.8 Å².